The summed E-state index contributed by atoms with van der Waals surface area (Å²) in [6.45, 7) is -3.20. The third kappa shape index (κ3) is 5.85. The SMILES string of the molecule is O=C(COc1ccc(Cl)cc1)N/N=C/c1ccccc1OC(F)F. The van der Waals surface area contributed by atoms with E-state index >= 15 is 0 Å². The quantitative estimate of drug-likeness (QED) is 0.612. The maximum Gasteiger partial charge on any atom is 0.387 e. The van der Waals surface area contributed by atoms with Crippen LogP contribution in [0.2, 0.25) is 5.02 Å². The van der Waals surface area contributed by atoms with E-state index in [0.717, 1.165) is 0 Å². The lowest BCUT2D eigenvalue weighted by molar-refractivity contribution is -0.123. The highest BCUT2D eigenvalue weighted by molar-refractivity contribution is 6.30. The fourth-order valence-corrected chi connectivity index (χ4v) is 1.80. The van der Waals surface area contributed by atoms with Gasteiger partial charge in [-0.05, 0) is 36.4 Å². The number of carbonyl (C=O) groups is 1. The van der Waals surface area contributed by atoms with Crippen LogP contribution in [0.15, 0.2) is 53.6 Å². The molecule has 0 aliphatic rings. The van der Waals surface area contributed by atoms with Crippen molar-refractivity contribution in [2.75, 3.05) is 6.61 Å². The van der Waals surface area contributed by atoms with Crippen LogP contribution in [-0.4, -0.2) is 25.3 Å². The normalized spacial score (nSPS) is 10.8. The number of nitrogens with one attached hydrogen (secondary N) is 1. The molecule has 8 heteroatoms. The van der Waals surface area contributed by atoms with Crippen LogP contribution in [0.4, 0.5) is 8.78 Å². The van der Waals surface area contributed by atoms with Gasteiger partial charge in [0.2, 0.25) is 0 Å². The van der Waals surface area contributed by atoms with Crippen molar-refractivity contribution in [3.8, 4) is 11.5 Å². The highest BCUT2D eigenvalue weighted by atomic mass is 35.5. The number of para-hydroxylation sites is 1. The summed E-state index contributed by atoms with van der Waals surface area (Å²) in [4.78, 5) is 11.6. The van der Waals surface area contributed by atoms with Crippen LogP contribution >= 0.6 is 11.6 Å². The molecule has 0 aliphatic heterocycles. The van der Waals surface area contributed by atoms with Gasteiger partial charge in [-0.2, -0.15) is 13.9 Å². The average Bonchev–Trinajstić information content (AvgIpc) is 2.55. The zero-order valence-corrected chi connectivity index (χ0v) is 13.0. The van der Waals surface area contributed by atoms with Crippen molar-refractivity contribution in [2.45, 2.75) is 6.61 Å². The number of alkyl halides is 2. The van der Waals surface area contributed by atoms with E-state index in [1.165, 1.54) is 18.3 Å². The van der Waals surface area contributed by atoms with Gasteiger partial charge in [-0.25, -0.2) is 5.43 Å². The van der Waals surface area contributed by atoms with Gasteiger partial charge < -0.3 is 9.47 Å². The lowest BCUT2D eigenvalue weighted by Crippen LogP contribution is -2.24. The Hall–Kier alpha value is -2.67. The van der Waals surface area contributed by atoms with Crippen LogP contribution in [0, 0.1) is 0 Å². The van der Waals surface area contributed by atoms with Crippen LogP contribution < -0.4 is 14.9 Å². The standard InChI is InChI=1S/C16H13ClF2N2O3/c17-12-5-7-13(8-6-12)23-10-15(22)21-20-9-11-3-1-2-4-14(11)24-16(18)19/h1-9,16H,10H2,(H,21,22)/b20-9+. The van der Waals surface area contributed by atoms with Crippen LogP contribution in [0.1, 0.15) is 5.56 Å². The largest absolute Gasteiger partial charge is 0.484 e. The monoisotopic (exact) mass is 354 g/mol. The number of halogens is 3. The smallest absolute Gasteiger partial charge is 0.387 e. The molecule has 0 aromatic heterocycles. The van der Waals surface area contributed by atoms with E-state index in [-0.39, 0.29) is 12.4 Å². The van der Waals surface area contributed by atoms with Gasteiger partial charge in [0, 0.05) is 10.6 Å². The second-order valence-corrected chi connectivity index (χ2v) is 4.89. The maximum absolute atomic E-state index is 12.3. The summed E-state index contributed by atoms with van der Waals surface area (Å²) in [6, 6.07) is 12.6. The number of ether oxygens (including phenoxy) is 2. The van der Waals surface area contributed by atoms with E-state index in [2.05, 4.69) is 15.3 Å². The Morgan fingerprint density at radius 2 is 1.92 bits per heavy atom. The van der Waals surface area contributed by atoms with Gasteiger partial charge in [0.05, 0.1) is 6.21 Å². The predicted octanol–water partition coefficient (Wildman–Crippen LogP) is 3.47. The second-order valence-electron chi connectivity index (χ2n) is 4.45. The molecule has 0 saturated heterocycles. The topological polar surface area (TPSA) is 59.9 Å². The first-order valence-corrected chi connectivity index (χ1v) is 7.16. The summed E-state index contributed by atoms with van der Waals surface area (Å²) in [7, 11) is 0. The summed E-state index contributed by atoms with van der Waals surface area (Å²) in [5.41, 5.74) is 2.53. The van der Waals surface area contributed by atoms with E-state index < -0.39 is 12.5 Å². The molecular formula is C16H13ClF2N2O3. The number of nitrogens with zero attached hydrogens (tertiary/aromatic N) is 1. The van der Waals surface area contributed by atoms with Crippen molar-refractivity contribution in [1.82, 2.24) is 5.43 Å². The molecule has 0 heterocycles. The molecule has 0 radical (unpaired) electrons. The lowest BCUT2D eigenvalue weighted by Gasteiger charge is -2.07. The molecule has 0 fully saturated rings. The van der Waals surface area contributed by atoms with Gasteiger partial charge in [0.15, 0.2) is 6.61 Å². The number of hydrogen-bond donors (Lipinski definition) is 1. The Bertz CT molecular complexity index is 709. The third-order valence-corrected chi connectivity index (χ3v) is 2.96. The number of carbonyl (C=O) groups excluding carboxylic acids is 1. The predicted molar refractivity (Wildman–Crippen MR) is 85.8 cm³/mol. The highest BCUT2D eigenvalue weighted by Crippen LogP contribution is 2.18. The highest BCUT2D eigenvalue weighted by Gasteiger charge is 2.07. The van der Waals surface area contributed by atoms with Crippen LogP contribution in [0.3, 0.4) is 0 Å². The minimum Gasteiger partial charge on any atom is -0.484 e. The second kappa shape index (κ2) is 8.83. The van der Waals surface area contributed by atoms with E-state index in [0.29, 0.717) is 16.3 Å². The molecule has 0 bridgehead atoms. The number of amides is 1. The fraction of sp³-hybridized carbons (Fsp3) is 0.125. The van der Waals surface area contributed by atoms with Gasteiger partial charge in [-0.1, -0.05) is 23.7 Å². The van der Waals surface area contributed by atoms with E-state index in [9.17, 15) is 13.6 Å². The number of benzene rings is 2. The summed E-state index contributed by atoms with van der Waals surface area (Å²) in [5, 5.41) is 4.24. The molecule has 0 atom stereocenters. The molecular weight excluding hydrogens is 342 g/mol. The summed E-state index contributed by atoms with van der Waals surface area (Å²) in [5.74, 6) is -0.0643. The molecule has 0 saturated carbocycles. The fourth-order valence-electron chi connectivity index (χ4n) is 1.68. The molecule has 126 valence electrons. The minimum absolute atomic E-state index is 0.0390. The molecule has 2 rings (SSSR count). The van der Waals surface area contributed by atoms with Gasteiger partial charge in [-0.3, -0.25) is 4.79 Å². The molecule has 1 N–H and O–H groups in total. The lowest BCUT2D eigenvalue weighted by atomic mass is 10.2. The number of hydrogen-bond acceptors (Lipinski definition) is 4. The first-order valence-electron chi connectivity index (χ1n) is 6.78. The van der Waals surface area contributed by atoms with Crippen LogP contribution in [0.5, 0.6) is 11.5 Å². The average molecular weight is 355 g/mol. The van der Waals surface area contributed by atoms with Crippen molar-refractivity contribution >= 4 is 23.7 Å². The van der Waals surface area contributed by atoms with E-state index in [4.69, 9.17) is 16.3 Å². The Morgan fingerprint density at radius 3 is 2.62 bits per heavy atom. The number of rotatable bonds is 7. The van der Waals surface area contributed by atoms with Crippen molar-refractivity contribution < 1.29 is 23.0 Å². The summed E-state index contributed by atoms with van der Waals surface area (Å²) >= 11 is 5.73. The van der Waals surface area contributed by atoms with Crippen molar-refractivity contribution in [3.05, 3.63) is 59.1 Å². The molecule has 0 spiro atoms. The molecule has 0 unspecified atom stereocenters. The summed E-state index contributed by atoms with van der Waals surface area (Å²) in [6.07, 6.45) is 1.21. The van der Waals surface area contributed by atoms with Gasteiger partial charge in [0.1, 0.15) is 11.5 Å². The Balaban J connectivity index is 1.85. The molecule has 2 aromatic carbocycles. The van der Waals surface area contributed by atoms with Crippen molar-refractivity contribution in [2.24, 2.45) is 5.10 Å². The number of hydrazone groups is 1. The van der Waals surface area contributed by atoms with E-state index in [1.807, 2.05) is 0 Å². The molecule has 1 amide bonds. The maximum atomic E-state index is 12.3. The summed E-state index contributed by atoms with van der Waals surface area (Å²) < 4.78 is 34.1. The van der Waals surface area contributed by atoms with Crippen molar-refractivity contribution in [3.63, 3.8) is 0 Å². The Morgan fingerprint density at radius 1 is 1.21 bits per heavy atom. The third-order valence-electron chi connectivity index (χ3n) is 2.71. The zero-order valence-electron chi connectivity index (χ0n) is 12.3. The molecule has 5 nitrogen and oxygen atoms in total. The first kappa shape index (κ1) is 17.7. The van der Waals surface area contributed by atoms with Crippen LogP contribution in [0.25, 0.3) is 0 Å². The first-order chi connectivity index (χ1) is 11.5. The van der Waals surface area contributed by atoms with E-state index in [1.54, 1.807) is 36.4 Å². The minimum atomic E-state index is -2.94. The Labute approximate surface area is 141 Å². The van der Waals surface area contributed by atoms with Crippen molar-refractivity contribution in [1.29, 1.82) is 0 Å². The zero-order chi connectivity index (χ0) is 17.4. The molecule has 0 aliphatic carbocycles. The molecule has 24 heavy (non-hydrogen) atoms. The van der Waals surface area contributed by atoms with Gasteiger partial charge in [-0.15, -0.1) is 0 Å². The Kier molecular flexibility index (Phi) is 6.51. The molecule has 2 aromatic rings. The van der Waals surface area contributed by atoms with Gasteiger partial charge >= 0.3 is 6.61 Å². The van der Waals surface area contributed by atoms with Crippen LogP contribution in [-0.2, 0) is 4.79 Å². The van der Waals surface area contributed by atoms with Gasteiger partial charge in [0.25, 0.3) is 5.91 Å².